The number of nitrogens with zero attached hydrogens (tertiary/aromatic N) is 2. The molecule has 1 aliphatic rings. The molecule has 2 N–H and O–H groups in total. The van der Waals surface area contributed by atoms with E-state index in [4.69, 9.17) is 0 Å². The first-order chi connectivity index (χ1) is 12.8. The van der Waals surface area contributed by atoms with Crippen molar-refractivity contribution in [2.24, 2.45) is 16.8 Å². The average molecular weight is 395 g/mol. The molecule has 1 fully saturated rings. The van der Waals surface area contributed by atoms with E-state index in [9.17, 15) is 8.42 Å². The summed E-state index contributed by atoms with van der Waals surface area (Å²) < 4.78 is 25.8. The molecular formula is C20H34N4O2S. The van der Waals surface area contributed by atoms with Crippen LogP contribution in [0.1, 0.15) is 43.7 Å². The molecule has 0 unspecified atom stereocenters. The van der Waals surface area contributed by atoms with Crippen molar-refractivity contribution in [1.82, 2.24) is 14.9 Å². The molecule has 6 nitrogen and oxygen atoms in total. The number of benzene rings is 1. The van der Waals surface area contributed by atoms with Crippen molar-refractivity contribution >= 4 is 16.0 Å². The monoisotopic (exact) mass is 394 g/mol. The molecule has 152 valence electrons. The molecule has 1 aliphatic carbocycles. The molecule has 27 heavy (non-hydrogen) atoms. The van der Waals surface area contributed by atoms with E-state index < -0.39 is 10.0 Å². The van der Waals surface area contributed by atoms with Gasteiger partial charge in [0.05, 0.1) is 5.75 Å². The van der Waals surface area contributed by atoms with Crippen LogP contribution in [0.25, 0.3) is 0 Å². The number of sulfonamides is 1. The number of guanidine groups is 1. The number of hydrogen-bond acceptors (Lipinski definition) is 3. The molecule has 0 spiro atoms. The molecule has 0 radical (unpaired) electrons. The number of aliphatic imine (C=N–C) groups is 1. The summed E-state index contributed by atoms with van der Waals surface area (Å²) in [6.45, 7) is 3.98. The summed E-state index contributed by atoms with van der Waals surface area (Å²) in [5.41, 5.74) is 1.82. The lowest BCUT2D eigenvalue weighted by atomic mass is 9.83. The Balaban J connectivity index is 1.90. The maximum atomic E-state index is 11.7. The zero-order chi connectivity index (χ0) is 19.9. The van der Waals surface area contributed by atoms with Gasteiger partial charge in [0.15, 0.2) is 5.96 Å². The molecule has 1 aromatic carbocycles. The van der Waals surface area contributed by atoms with Crippen LogP contribution in [0, 0.1) is 11.8 Å². The highest BCUT2D eigenvalue weighted by molar-refractivity contribution is 7.88. The normalized spacial score (nSPS) is 21.1. The number of hydrogen-bond donors (Lipinski definition) is 2. The van der Waals surface area contributed by atoms with Gasteiger partial charge in [-0.05, 0) is 42.9 Å². The van der Waals surface area contributed by atoms with Gasteiger partial charge in [0.25, 0.3) is 0 Å². The quantitative estimate of drug-likeness (QED) is 0.551. The summed E-state index contributed by atoms with van der Waals surface area (Å²) in [6, 6.07) is 7.66. The lowest BCUT2D eigenvalue weighted by molar-refractivity contribution is 0.250. The molecular weight excluding hydrogens is 360 g/mol. The number of nitrogens with one attached hydrogen (secondary N) is 2. The Morgan fingerprint density at radius 2 is 1.89 bits per heavy atom. The maximum Gasteiger partial charge on any atom is 0.215 e. The highest BCUT2D eigenvalue weighted by Crippen LogP contribution is 2.28. The molecule has 7 heteroatoms. The van der Waals surface area contributed by atoms with Crippen molar-refractivity contribution in [3.63, 3.8) is 0 Å². The third-order valence-corrected chi connectivity index (χ3v) is 6.69. The average Bonchev–Trinajstić information content (AvgIpc) is 2.64. The Labute approximate surface area is 164 Å². The lowest BCUT2D eigenvalue weighted by Gasteiger charge is -2.31. The van der Waals surface area contributed by atoms with Crippen molar-refractivity contribution < 1.29 is 8.42 Å². The van der Waals surface area contributed by atoms with Crippen LogP contribution < -0.4 is 10.0 Å². The SMILES string of the molecule is CN=C(NCc1cccc(CS(=O)(=O)NC)c1)N(C)CC1CCC(C)CC1. The van der Waals surface area contributed by atoms with E-state index >= 15 is 0 Å². The van der Waals surface area contributed by atoms with Crippen LogP contribution in [0.15, 0.2) is 29.3 Å². The van der Waals surface area contributed by atoms with Gasteiger partial charge < -0.3 is 10.2 Å². The predicted octanol–water partition coefficient (Wildman–Crippen LogP) is 2.57. The van der Waals surface area contributed by atoms with Crippen LogP contribution in [0.2, 0.25) is 0 Å². The lowest BCUT2D eigenvalue weighted by Crippen LogP contribution is -2.41. The molecule has 0 heterocycles. The van der Waals surface area contributed by atoms with E-state index in [1.807, 2.05) is 24.3 Å². The Morgan fingerprint density at radius 3 is 2.52 bits per heavy atom. The fourth-order valence-electron chi connectivity index (χ4n) is 3.67. The fourth-order valence-corrected chi connectivity index (χ4v) is 4.44. The van der Waals surface area contributed by atoms with Crippen molar-refractivity contribution in [2.45, 2.75) is 44.9 Å². The smallest absolute Gasteiger partial charge is 0.215 e. The van der Waals surface area contributed by atoms with Gasteiger partial charge in [-0.3, -0.25) is 4.99 Å². The molecule has 0 aliphatic heterocycles. The van der Waals surface area contributed by atoms with Crippen LogP contribution >= 0.6 is 0 Å². The minimum Gasteiger partial charge on any atom is -0.352 e. The maximum absolute atomic E-state index is 11.7. The van der Waals surface area contributed by atoms with Crippen LogP contribution in [0.4, 0.5) is 0 Å². The highest BCUT2D eigenvalue weighted by atomic mass is 32.2. The van der Waals surface area contributed by atoms with Crippen molar-refractivity contribution in [1.29, 1.82) is 0 Å². The highest BCUT2D eigenvalue weighted by Gasteiger charge is 2.20. The van der Waals surface area contributed by atoms with Gasteiger partial charge in [0, 0.05) is 27.2 Å². The van der Waals surface area contributed by atoms with Crippen molar-refractivity contribution in [3.05, 3.63) is 35.4 Å². The van der Waals surface area contributed by atoms with E-state index in [1.165, 1.54) is 32.7 Å². The van der Waals surface area contributed by atoms with Gasteiger partial charge >= 0.3 is 0 Å². The summed E-state index contributed by atoms with van der Waals surface area (Å²) in [5, 5.41) is 3.40. The standard InChI is InChI=1S/C20H34N4O2S/c1-16-8-10-17(11-9-16)14-24(4)20(21-2)23-13-18-6-5-7-19(12-18)15-27(25,26)22-3/h5-7,12,16-17,22H,8-11,13-15H2,1-4H3,(H,21,23). The minimum absolute atomic E-state index is 0.00787. The third kappa shape index (κ3) is 7.14. The third-order valence-electron chi connectivity index (χ3n) is 5.35. The molecule has 1 saturated carbocycles. The first-order valence-electron chi connectivity index (χ1n) is 9.73. The second-order valence-electron chi connectivity index (χ2n) is 7.69. The summed E-state index contributed by atoms with van der Waals surface area (Å²) in [5.74, 6) is 2.47. The van der Waals surface area contributed by atoms with E-state index in [0.717, 1.165) is 35.5 Å². The van der Waals surface area contributed by atoms with E-state index in [1.54, 1.807) is 7.05 Å². The van der Waals surface area contributed by atoms with Crippen LogP contribution in [-0.4, -0.2) is 47.0 Å². The topological polar surface area (TPSA) is 73.8 Å². The molecule has 0 amide bonds. The van der Waals surface area contributed by atoms with E-state index in [0.29, 0.717) is 6.54 Å². The Bertz CT molecular complexity index is 725. The van der Waals surface area contributed by atoms with Gasteiger partial charge in [-0.2, -0.15) is 0 Å². The molecule has 0 atom stereocenters. The zero-order valence-electron chi connectivity index (χ0n) is 17.0. The molecule has 0 bridgehead atoms. The van der Waals surface area contributed by atoms with E-state index in [-0.39, 0.29) is 5.75 Å². The molecule has 2 rings (SSSR count). The second-order valence-corrected chi connectivity index (χ2v) is 9.62. The largest absolute Gasteiger partial charge is 0.352 e. The van der Waals surface area contributed by atoms with Crippen molar-refractivity contribution in [3.8, 4) is 0 Å². The van der Waals surface area contributed by atoms with Gasteiger partial charge in [0.1, 0.15) is 0 Å². The van der Waals surface area contributed by atoms with Gasteiger partial charge in [-0.1, -0.05) is 44.0 Å². The van der Waals surface area contributed by atoms with Gasteiger partial charge in [0.2, 0.25) is 10.0 Å². The molecule has 0 saturated heterocycles. The predicted molar refractivity (Wildman–Crippen MR) is 112 cm³/mol. The van der Waals surface area contributed by atoms with Crippen molar-refractivity contribution in [2.75, 3.05) is 27.7 Å². The summed E-state index contributed by atoms with van der Waals surface area (Å²) >= 11 is 0. The molecule has 0 aromatic heterocycles. The number of rotatable bonds is 7. The van der Waals surface area contributed by atoms with Crippen LogP contribution in [-0.2, 0) is 22.3 Å². The second kappa shape index (κ2) is 10.1. The zero-order valence-corrected chi connectivity index (χ0v) is 17.8. The van der Waals surface area contributed by atoms with Gasteiger partial charge in [-0.25, -0.2) is 13.1 Å². The van der Waals surface area contributed by atoms with Crippen LogP contribution in [0.3, 0.4) is 0 Å². The Morgan fingerprint density at radius 1 is 1.22 bits per heavy atom. The summed E-state index contributed by atoms with van der Waals surface area (Å²) in [6.07, 6.45) is 5.24. The Hall–Kier alpha value is -1.60. The van der Waals surface area contributed by atoms with Gasteiger partial charge in [-0.15, -0.1) is 0 Å². The minimum atomic E-state index is -3.26. The summed E-state index contributed by atoms with van der Waals surface area (Å²) in [4.78, 5) is 6.61. The van der Waals surface area contributed by atoms with Crippen LogP contribution in [0.5, 0.6) is 0 Å². The van der Waals surface area contributed by atoms with E-state index in [2.05, 4.69) is 33.9 Å². The molecule has 1 aromatic rings. The summed E-state index contributed by atoms with van der Waals surface area (Å²) in [7, 11) is 2.07. The Kier molecular flexibility index (Phi) is 8.10. The first-order valence-corrected chi connectivity index (χ1v) is 11.4. The fraction of sp³-hybridized carbons (Fsp3) is 0.650. The first kappa shape index (κ1) is 21.7.